The van der Waals surface area contributed by atoms with Gasteiger partial charge in [0.25, 0.3) is 0 Å². The van der Waals surface area contributed by atoms with E-state index in [4.69, 9.17) is 5.73 Å². The van der Waals surface area contributed by atoms with Crippen LogP contribution in [0.15, 0.2) is 16.6 Å². The van der Waals surface area contributed by atoms with E-state index in [0.717, 1.165) is 15.7 Å². The summed E-state index contributed by atoms with van der Waals surface area (Å²) in [6, 6.07) is 3.73. The van der Waals surface area contributed by atoms with Gasteiger partial charge in [-0.15, -0.1) is 0 Å². The molecule has 106 valence electrons. The van der Waals surface area contributed by atoms with Crippen molar-refractivity contribution in [1.29, 1.82) is 0 Å². The topological polar surface area (TPSA) is 29.3 Å². The molecular weight excluding hydrogens is 321 g/mol. The molecule has 19 heavy (non-hydrogen) atoms. The first-order chi connectivity index (χ1) is 8.79. The SMILES string of the molecule is Cc1cc(N2CCC(C(F)(F)F)CC2)c(Br)cc1N. The molecule has 0 aliphatic carbocycles. The monoisotopic (exact) mass is 336 g/mol. The number of benzene rings is 1. The van der Waals surface area contributed by atoms with Crippen LogP contribution in [-0.4, -0.2) is 19.3 Å². The Hall–Kier alpha value is -0.910. The lowest BCUT2D eigenvalue weighted by molar-refractivity contribution is -0.179. The Balaban J connectivity index is 2.12. The summed E-state index contributed by atoms with van der Waals surface area (Å²) in [5.74, 6) is -1.17. The molecule has 1 aliphatic heterocycles. The number of piperidine rings is 1. The van der Waals surface area contributed by atoms with E-state index < -0.39 is 12.1 Å². The zero-order valence-corrected chi connectivity index (χ0v) is 12.2. The van der Waals surface area contributed by atoms with Crippen LogP contribution in [0.1, 0.15) is 18.4 Å². The minimum Gasteiger partial charge on any atom is -0.398 e. The highest BCUT2D eigenvalue weighted by atomic mass is 79.9. The lowest BCUT2D eigenvalue weighted by atomic mass is 9.96. The molecule has 1 saturated heterocycles. The van der Waals surface area contributed by atoms with Gasteiger partial charge in [0.2, 0.25) is 0 Å². The van der Waals surface area contributed by atoms with Crippen LogP contribution in [0.25, 0.3) is 0 Å². The number of anilines is 2. The number of nitrogens with zero attached hydrogens (tertiary/aromatic N) is 1. The molecule has 0 aromatic heterocycles. The molecule has 0 atom stereocenters. The summed E-state index contributed by atoms with van der Waals surface area (Å²) in [5, 5.41) is 0. The normalized spacial score (nSPS) is 17.8. The molecule has 0 bridgehead atoms. The van der Waals surface area contributed by atoms with E-state index >= 15 is 0 Å². The van der Waals surface area contributed by atoms with Crippen LogP contribution >= 0.6 is 15.9 Å². The number of nitrogens with two attached hydrogens (primary N) is 1. The average Bonchev–Trinajstić information content (AvgIpc) is 2.33. The van der Waals surface area contributed by atoms with Crippen LogP contribution in [-0.2, 0) is 0 Å². The fourth-order valence-electron chi connectivity index (χ4n) is 2.37. The van der Waals surface area contributed by atoms with Crippen molar-refractivity contribution < 1.29 is 13.2 Å². The van der Waals surface area contributed by atoms with Crippen LogP contribution in [0, 0.1) is 12.8 Å². The molecule has 1 aromatic rings. The number of rotatable bonds is 1. The summed E-state index contributed by atoms with van der Waals surface area (Å²) in [6.45, 7) is 2.74. The predicted molar refractivity (Wildman–Crippen MR) is 74.3 cm³/mol. The minimum atomic E-state index is -4.07. The lowest BCUT2D eigenvalue weighted by Gasteiger charge is -2.35. The van der Waals surface area contributed by atoms with E-state index in [2.05, 4.69) is 15.9 Å². The molecule has 0 radical (unpaired) electrons. The second-order valence-electron chi connectivity index (χ2n) is 4.96. The van der Waals surface area contributed by atoms with Crippen LogP contribution in [0.3, 0.4) is 0 Å². The van der Waals surface area contributed by atoms with Crippen molar-refractivity contribution in [2.24, 2.45) is 5.92 Å². The molecule has 2 rings (SSSR count). The first-order valence-electron chi connectivity index (χ1n) is 6.16. The lowest BCUT2D eigenvalue weighted by Crippen LogP contribution is -2.39. The van der Waals surface area contributed by atoms with Gasteiger partial charge < -0.3 is 10.6 Å². The molecule has 1 fully saturated rings. The molecule has 0 spiro atoms. The molecule has 1 aromatic carbocycles. The summed E-state index contributed by atoms with van der Waals surface area (Å²) < 4.78 is 38.7. The summed E-state index contributed by atoms with van der Waals surface area (Å²) in [5.41, 5.74) is 8.35. The predicted octanol–water partition coefficient (Wildman–Crippen LogP) is 4.12. The summed E-state index contributed by atoms with van der Waals surface area (Å²) in [6.07, 6.45) is -3.76. The molecule has 0 amide bonds. The van der Waals surface area contributed by atoms with Crippen molar-refractivity contribution in [2.45, 2.75) is 25.9 Å². The highest BCUT2D eigenvalue weighted by Crippen LogP contribution is 2.38. The van der Waals surface area contributed by atoms with Gasteiger partial charge in [-0.2, -0.15) is 13.2 Å². The van der Waals surface area contributed by atoms with Gasteiger partial charge >= 0.3 is 6.18 Å². The van der Waals surface area contributed by atoms with Crippen molar-refractivity contribution in [1.82, 2.24) is 0 Å². The van der Waals surface area contributed by atoms with Crippen LogP contribution in [0.4, 0.5) is 24.5 Å². The quantitative estimate of drug-likeness (QED) is 0.781. The third-order valence-corrected chi connectivity index (χ3v) is 4.27. The van der Waals surface area contributed by atoms with Crippen LogP contribution < -0.4 is 10.6 Å². The van der Waals surface area contributed by atoms with Crippen molar-refractivity contribution >= 4 is 27.3 Å². The zero-order valence-electron chi connectivity index (χ0n) is 10.6. The maximum absolute atomic E-state index is 12.6. The molecular formula is C13H16BrF3N2. The average molecular weight is 337 g/mol. The molecule has 2 nitrogen and oxygen atoms in total. The smallest absolute Gasteiger partial charge is 0.391 e. The summed E-state index contributed by atoms with van der Waals surface area (Å²) >= 11 is 3.43. The number of alkyl halides is 3. The first-order valence-corrected chi connectivity index (χ1v) is 6.95. The second-order valence-corrected chi connectivity index (χ2v) is 5.82. The first kappa shape index (κ1) is 14.5. The molecule has 2 N–H and O–H groups in total. The Labute approximate surface area is 118 Å². The number of hydrogen-bond acceptors (Lipinski definition) is 2. The van der Waals surface area contributed by atoms with E-state index in [9.17, 15) is 13.2 Å². The number of halogens is 4. The third kappa shape index (κ3) is 3.16. The van der Waals surface area contributed by atoms with Crippen molar-refractivity contribution in [3.05, 3.63) is 22.2 Å². The number of aryl methyl sites for hydroxylation is 1. The van der Waals surface area contributed by atoms with Gasteiger partial charge in [0.05, 0.1) is 11.6 Å². The molecule has 1 heterocycles. The van der Waals surface area contributed by atoms with Gasteiger partial charge in [-0.1, -0.05) is 0 Å². The van der Waals surface area contributed by atoms with E-state index in [1.807, 2.05) is 17.9 Å². The molecule has 0 saturated carbocycles. The van der Waals surface area contributed by atoms with Crippen molar-refractivity contribution in [3.8, 4) is 0 Å². The Morgan fingerprint density at radius 1 is 1.26 bits per heavy atom. The Bertz CT molecular complexity index is 466. The van der Waals surface area contributed by atoms with E-state index in [1.165, 1.54) is 0 Å². The third-order valence-electron chi connectivity index (χ3n) is 3.63. The van der Waals surface area contributed by atoms with Gasteiger partial charge in [-0.3, -0.25) is 0 Å². The maximum Gasteiger partial charge on any atom is 0.391 e. The van der Waals surface area contributed by atoms with Crippen molar-refractivity contribution in [3.63, 3.8) is 0 Å². The summed E-state index contributed by atoms with van der Waals surface area (Å²) in [4.78, 5) is 1.98. The number of nitrogen functional groups attached to an aromatic ring is 1. The standard InChI is InChI=1S/C13H16BrF3N2/c1-8-6-12(10(14)7-11(8)18)19-4-2-9(3-5-19)13(15,16)17/h6-7,9H,2-5,18H2,1H3. The van der Waals surface area contributed by atoms with Gasteiger partial charge in [0.1, 0.15) is 0 Å². The Morgan fingerprint density at radius 3 is 2.37 bits per heavy atom. The molecule has 6 heteroatoms. The highest BCUT2D eigenvalue weighted by Gasteiger charge is 2.41. The van der Waals surface area contributed by atoms with Crippen LogP contribution in [0.5, 0.6) is 0 Å². The van der Waals surface area contributed by atoms with Gasteiger partial charge in [-0.05, 0) is 53.4 Å². The van der Waals surface area contributed by atoms with Gasteiger partial charge in [0, 0.05) is 23.2 Å². The van der Waals surface area contributed by atoms with E-state index in [1.54, 1.807) is 6.07 Å². The van der Waals surface area contributed by atoms with E-state index in [-0.39, 0.29) is 12.8 Å². The van der Waals surface area contributed by atoms with E-state index in [0.29, 0.717) is 18.8 Å². The molecule has 1 aliphatic rings. The fraction of sp³-hybridized carbons (Fsp3) is 0.538. The molecule has 0 unspecified atom stereocenters. The Kier molecular flexibility index (Phi) is 3.99. The van der Waals surface area contributed by atoms with Crippen LogP contribution in [0.2, 0.25) is 0 Å². The van der Waals surface area contributed by atoms with Gasteiger partial charge in [0.15, 0.2) is 0 Å². The Morgan fingerprint density at radius 2 is 1.84 bits per heavy atom. The second kappa shape index (κ2) is 5.23. The fourth-order valence-corrected chi connectivity index (χ4v) is 2.98. The largest absolute Gasteiger partial charge is 0.398 e. The minimum absolute atomic E-state index is 0.152. The highest BCUT2D eigenvalue weighted by molar-refractivity contribution is 9.10. The summed E-state index contributed by atoms with van der Waals surface area (Å²) in [7, 11) is 0. The number of hydrogen-bond donors (Lipinski definition) is 1. The maximum atomic E-state index is 12.6. The van der Waals surface area contributed by atoms with Crippen molar-refractivity contribution in [2.75, 3.05) is 23.7 Å². The zero-order chi connectivity index (χ0) is 14.2. The van der Waals surface area contributed by atoms with Gasteiger partial charge in [-0.25, -0.2) is 0 Å².